The average Bonchev–Trinajstić information content (AvgIpc) is 3.51. The van der Waals surface area contributed by atoms with Gasteiger partial charge in [0.1, 0.15) is 36.2 Å². The molecule has 3 aromatic rings. The van der Waals surface area contributed by atoms with Gasteiger partial charge in [-0.05, 0) is 39.3 Å². The quantitative estimate of drug-likeness (QED) is 0.487. The van der Waals surface area contributed by atoms with Crippen LogP contribution in [0.2, 0.25) is 0 Å². The molecule has 5 rings (SSSR count). The Hall–Kier alpha value is -2.84. The van der Waals surface area contributed by atoms with Crippen LogP contribution in [-0.2, 0) is 31.9 Å². The molecule has 0 saturated carbocycles. The summed E-state index contributed by atoms with van der Waals surface area (Å²) in [4.78, 5) is 0. The lowest BCUT2D eigenvalue weighted by Gasteiger charge is -2.51. The van der Waals surface area contributed by atoms with Crippen LogP contribution >= 0.6 is 0 Å². The fraction of sp³-hybridized carbons (Fsp3) is 0.600. The van der Waals surface area contributed by atoms with Crippen LogP contribution in [0.5, 0.6) is 0 Å². The second-order valence-corrected chi connectivity index (χ2v) is 10.3. The first-order chi connectivity index (χ1) is 18.1. The molecule has 0 aliphatic carbocycles. The van der Waals surface area contributed by atoms with E-state index in [1.54, 1.807) is 35.8 Å². The molecule has 11 nitrogen and oxygen atoms in total. The van der Waals surface area contributed by atoms with Crippen molar-refractivity contribution in [3.05, 3.63) is 47.4 Å². The predicted molar refractivity (Wildman–Crippen MR) is 129 cm³/mol. The molecule has 206 valence electrons. The molecule has 4 heterocycles. The standard InChI is InChI=1S/C25H32F2N6O5/c1-13-6-7-16(21(27)20(13)26)17-10-33(31-29-17)22-23(35-5)18(11-32-9-15(28-30-32)8-14(2)34)37-19-12-36-25(3,4)38-24(19)22/h6-7,9-10,14,18-19,22-24,34H,8,11-12H2,1-5H3/t14?,18-,19-,22?,23+,24+/m1/s1. The number of ether oxygens (including phenoxy) is 4. The van der Waals surface area contributed by atoms with E-state index in [0.29, 0.717) is 18.7 Å². The minimum Gasteiger partial charge on any atom is -0.393 e. The first-order valence-electron chi connectivity index (χ1n) is 12.5. The molecule has 2 fully saturated rings. The van der Waals surface area contributed by atoms with Crippen molar-refractivity contribution in [3.8, 4) is 11.3 Å². The number of aliphatic hydroxyl groups is 1. The third-order valence-corrected chi connectivity index (χ3v) is 6.87. The second kappa shape index (κ2) is 10.4. The SMILES string of the molecule is CO[C@@H]1C(n2cc(-c3ccc(C)c(F)c3F)nn2)[C@H]2OC(C)(C)OC[C@H]2O[C@@H]1Cn1cc(CC(C)O)nn1. The summed E-state index contributed by atoms with van der Waals surface area (Å²) in [6.45, 7) is 7.37. The van der Waals surface area contributed by atoms with E-state index in [0.717, 1.165) is 0 Å². The Labute approximate surface area is 218 Å². The average molecular weight is 535 g/mol. The lowest BCUT2D eigenvalue weighted by molar-refractivity contribution is -0.350. The summed E-state index contributed by atoms with van der Waals surface area (Å²) in [7, 11) is 1.56. The van der Waals surface area contributed by atoms with Gasteiger partial charge in [0.05, 0.1) is 31.1 Å². The molecule has 2 aliphatic rings. The molecule has 2 aliphatic heterocycles. The van der Waals surface area contributed by atoms with E-state index in [1.165, 1.54) is 19.1 Å². The number of rotatable bonds is 7. The summed E-state index contributed by atoms with van der Waals surface area (Å²) in [6.07, 6.45) is 1.05. The highest BCUT2D eigenvalue weighted by Gasteiger charge is 2.53. The molecule has 2 saturated heterocycles. The number of hydrogen-bond acceptors (Lipinski definition) is 9. The summed E-state index contributed by atoms with van der Waals surface area (Å²) in [5.41, 5.74) is 1.05. The van der Waals surface area contributed by atoms with E-state index in [9.17, 15) is 13.9 Å². The molecular weight excluding hydrogens is 502 g/mol. The molecule has 38 heavy (non-hydrogen) atoms. The van der Waals surface area contributed by atoms with E-state index < -0.39 is 54.0 Å². The molecule has 13 heteroatoms. The van der Waals surface area contributed by atoms with Crippen molar-refractivity contribution < 1.29 is 32.8 Å². The second-order valence-electron chi connectivity index (χ2n) is 10.3. The summed E-state index contributed by atoms with van der Waals surface area (Å²) in [5.74, 6) is -2.79. The van der Waals surface area contributed by atoms with Gasteiger partial charge in [0.15, 0.2) is 17.4 Å². The van der Waals surface area contributed by atoms with Crippen LogP contribution in [0.15, 0.2) is 24.5 Å². The third-order valence-electron chi connectivity index (χ3n) is 6.87. The van der Waals surface area contributed by atoms with Gasteiger partial charge in [-0.15, -0.1) is 10.2 Å². The van der Waals surface area contributed by atoms with Gasteiger partial charge in [-0.3, -0.25) is 0 Å². The van der Waals surface area contributed by atoms with E-state index in [1.807, 2.05) is 13.8 Å². The van der Waals surface area contributed by atoms with E-state index in [-0.39, 0.29) is 23.4 Å². The number of fused-ring (bicyclic) bond motifs is 1. The summed E-state index contributed by atoms with van der Waals surface area (Å²) >= 11 is 0. The smallest absolute Gasteiger partial charge is 0.168 e. The maximum atomic E-state index is 14.7. The Balaban J connectivity index is 1.48. The maximum absolute atomic E-state index is 14.7. The van der Waals surface area contributed by atoms with Gasteiger partial charge in [-0.2, -0.15) is 0 Å². The van der Waals surface area contributed by atoms with Crippen molar-refractivity contribution in [1.29, 1.82) is 0 Å². The molecule has 0 radical (unpaired) electrons. The first kappa shape index (κ1) is 26.8. The number of nitrogens with zero attached hydrogens (tertiary/aromatic N) is 6. The zero-order valence-electron chi connectivity index (χ0n) is 21.9. The highest BCUT2D eigenvalue weighted by molar-refractivity contribution is 5.59. The Morgan fingerprint density at radius 3 is 2.71 bits per heavy atom. The number of aliphatic hydroxyl groups excluding tert-OH is 1. The van der Waals surface area contributed by atoms with Crippen LogP contribution in [0.4, 0.5) is 8.78 Å². The van der Waals surface area contributed by atoms with Gasteiger partial charge in [0.2, 0.25) is 0 Å². The van der Waals surface area contributed by atoms with E-state index >= 15 is 0 Å². The van der Waals surface area contributed by atoms with Crippen LogP contribution < -0.4 is 0 Å². The van der Waals surface area contributed by atoms with Gasteiger partial charge in [-0.1, -0.05) is 16.5 Å². The molecule has 0 amide bonds. The Bertz CT molecular complexity index is 1280. The monoisotopic (exact) mass is 534 g/mol. The van der Waals surface area contributed by atoms with Crippen molar-refractivity contribution >= 4 is 0 Å². The Morgan fingerprint density at radius 2 is 1.97 bits per heavy atom. The lowest BCUT2D eigenvalue weighted by Crippen LogP contribution is -2.63. The molecule has 1 N–H and O–H groups in total. The van der Waals surface area contributed by atoms with Gasteiger partial charge < -0.3 is 24.1 Å². The first-order valence-corrected chi connectivity index (χ1v) is 12.5. The van der Waals surface area contributed by atoms with Crippen molar-refractivity contribution in [2.45, 2.75) is 83.0 Å². The summed E-state index contributed by atoms with van der Waals surface area (Å²) < 4.78 is 56.7. The number of aryl methyl sites for hydroxylation is 1. The van der Waals surface area contributed by atoms with Crippen LogP contribution in [0, 0.1) is 18.6 Å². The number of methoxy groups -OCH3 is 1. The molecule has 6 atom stereocenters. The van der Waals surface area contributed by atoms with Crippen molar-refractivity contribution in [2.24, 2.45) is 0 Å². The zero-order valence-corrected chi connectivity index (χ0v) is 21.9. The molecule has 0 bridgehead atoms. The van der Waals surface area contributed by atoms with Crippen molar-refractivity contribution in [2.75, 3.05) is 13.7 Å². The molecule has 2 unspecified atom stereocenters. The number of hydrogen-bond donors (Lipinski definition) is 1. The van der Waals surface area contributed by atoms with Gasteiger partial charge in [0, 0.05) is 25.3 Å². The van der Waals surface area contributed by atoms with Crippen LogP contribution in [0.25, 0.3) is 11.3 Å². The van der Waals surface area contributed by atoms with Gasteiger partial charge >= 0.3 is 0 Å². The molecule has 0 spiro atoms. The molecular formula is C25H32F2N6O5. The van der Waals surface area contributed by atoms with Crippen molar-refractivity contribution in [3.63, 3.8) is 0 Å². The predicted octanol–water partition coefficient (Wildman–Crippen LogP) is 2.22. The van der Waals surface area contributed by atoms with Crippen LogP contribution in [0.3, 0.4) is 0 Å². The van der Waals surface area contributed by atoms with Gasteiger partial charge in [0.25, 0.3) is 0 Å². The molecule has 1 aromatic carbocycles. The van der Waals surface area contributed by atoms with Crippen LogP contribution in [-0.4, -0.2) is 85.1 Å². The van der Waals surface area contributed by atoms with Gasteiger partial charge in [-0.25, -0.2) is 18.1 Å². The van der Waals surface area contributed by atoms with E-state index in [4.69, 9.17) is 18.9 Å². The third kappa shape index (κ3) is 5.21. The largest absolute Gasteiger partial charge is 0.393 e. The highest BCUT2D eigenvalue weighted by Crippen LogP contribution is 2.40. The lowest BCUT2D eigenvalue weighted by atomic mass is 9.91. The highest BCUT2D eigenvalue weighted by atomic mass is 19.2. The number of halogens is 2. The molecule has 2 aromatic heterocycles. The van der Waals surface area contributed by atoms with E-state index in [2.05, 4.69) is 20.6 Å². The fourth-order valence-electron chi connectivity index (χ4n) is 5.07. The maximum Gasteiger partial charge on any atom is 0.168 e. The fourth-order valence-corrected chi connectivity index (χ4v) is 5.07. The minimum absolute atomic E-state index is 0.00922. The minimum atomic E-state index is -0.981. The Kier molecular flexibility index (Phi) is 7.31. The summed E-state index contributed by atoms with van der Waals surface area (Å²) in [6, 6.07) is 2.45. The Morgan fingerprint density at radius 1 is 1.18 bits per heavy atom. The van der Waals surface area contributed by atoms with Crippen molar-refractivity contribution in [1.82, 2.24) is 30.0 Å². The normalized spacial score (nSPS) is 27.7. The van der Waals surface area contributed by atoms with Crippen LogP contribution in [0.1, 0.15) is 38.1 Å². The number of benzene rings is 1. The number of aromatic nitrogens is 6. The zero-order chi connectivity index (χ0) is 27.2. The topological polar surface area (TPSA) is 119 Å². The summed E-state index contributed by atoms with van der Waals surface area (Å²) in [5, 5.41) is 26.4.